The van der Waals surface area contributed by atoms with Gasteiger partial charge in [-0.15, -0.1) is 0 Å². The van der Waals surface area contributed by atoms with Crippen molar-refractivity contribution in [3.8, 4) is 17.1 Å². The van der Waals surface area contributed by atoms with E-state index in [1.807, 2.05) is 30.3 Å². The first-order chi connectivity index (χ1) is 13.5. The Morgan fingerprint density at radius 3 is 2.71 bits per heavy atom. The molecule has 4 rings (SSSR count). The molecule has 0 radical (unpaired) electrons. The van der Waals surface area contributed by atoms with Gasteiger partial charge < -0.3 is 14.6 Å². The van der Waals surface area contributed by atoms with Crippen LogP contribution in [0, 0.1) is 0 Å². The third-order valence-corrected chi connectivity index (χ3v) is 4.47. The van der Waals surface area contributed by atoms with Gasteiger partial charge in [0.15, 0.2) is 5.65 Å². The lowest BCUT2D eigenvalue weighted by atomic mass is 10.2. The highest BCUT2D eigenvalue weighted by Gasteiger charge is 2.17. The summed E-state index contributed by atoms with van der Waals surface area (Å²) in [5.74, 6) is 2.03. The zero-order valence-corrected chi connectivity index (χ0v) is 16.5. The lowest BCUT2D eigenvalue weighted by Crippen LogP contribution is -2.05. The molecule has 142 valence electrons. The predicted molar refractivity (Wildman–Crippen MR) is 110 cm³/mol. The van der Waals surface area contributed by atoms with Gasteiger partial charge in [0.1, 0.15) is 22.2 Å². The van der Waals surface area contributed by atoms with E-state index in [9.17, 15) is 0 Å². The van der Waals surface area contributed by atoms with Crippen LogP contribution in [0.1, 0.15) is 19.9 Å². The van der Waals surface area contributed by atoms with E-state index in [0.717, 1.165) is 28.5 Å². The van der Waals surface area contributed by atoms with E-state index in [2.05, 4.69) is 33.7 Å². The maximum Gasteiger partial charge on any atom is 0.229 e. The van der Waals surface area contributed by atoms with E-state index >= 15 is 0 Å². The van der Waals surface area contributed by atoms with E-state index < -0.39 is 0 Å². The largest absolute Gasteiger partial charge is 0.497 e. The molecule has 0 saturated heterocycles. The van der Waals surface area contributed by atoms with Crippen molar-refractivity contribution in [2.75, 3.05) is 12.4 Å². The average Bonchev–Trinajstić information content (AvgIpc) is 3.07. The lowest BCUT2D eigenvalue weighted by Gasteiger charge is -2.13. The summed E-state index contributed by atoms with van der Waals surface area (Å²) in [6.45, 7) is 4.18. The van der Waals surface area contributed by atoms with E-state index in [4.69, 9.17) is 26.3 Å². The summed E-state index contributed by atoms with van der Waals surface area (Å²) in [7, 11) is 1.63. The lowest BCUT2D eigenvalue weighted by molar-refractivity contribution is 0.415. The molecule has 1 N–H and O–H groups in total. The molecule has 7 nitrogen and oxygen atoms in total. The van der Waals surface area contributed by atoms with Gasteiger partial charge in [0, 0.05) is 29.6 Å². The molecule has 0 saturated carbocycles. The smallest absolute Gasteiger partial charge is 0.229 e. The quantitative estimate of drug-likeness (QED) is 0.486. The molecule has 0 amide bonds. The number of hydrogen-bond acceptors (Lipinski definition) is 6. The topological polar surface area (TPSA) is 77.8 Å². The number of nitrogens with one attached hydrogen (secondary N) is 1. The van der Waals surface area contributed by atoms with Gasteiger partial charge in [0.2, 0.25) is 5.95 Å². The second-order valence-corrected chi connectivity index (χ2v) is 6.91. The number of anilines is 2. The maximum atomic E-state index is 6.07. The second-order valence-electron chi connectivity index (χ2n) is 6.53. The molecular formula is C20H19ClN6O. The monoisotopic (exact) mass is 394 g/mol. The van der Waals surface area contributed by atoms with Gasteiger partial charge in [-0.05, 0) is 38.1 Å². The number of nitrogens with zero attached hydrogens (tertiary/aromatic N) is 5. The first-order valence-electron chi connectivity index (χ1n) is 8.83. The first-order valence-corrected chi connectivity index (χ1v) is 9.21. The molecule has 0 atom stereocenters. The van der Waals surface area contributed by atoms with Crippen molar-refractivity contribution in [2.24, 2.45) is 0 Å². The number of hydrogen-bond donors (Lipinski definition) is 1. The molecule has 3 heterocycles. The number of fused-ring (bicyclic) bond motifs is 1. The summed E-state index contributed by atoms with van der Waals surface area (Å²) >= 11 is 6.07. The zero-order chi connectivity index (χ0) is 19.7. The fourth-order valence-electron chi connectivity index (χ4n) is 3.02. The summed E-state index contributed by atoms with van der Waals surface area (Å²) < 4.78 is 7.33. The molecule has 0 aliphatic rings. The number of imidazole rings is 1. The van der Waals surface area contributed by atoms with Crippen molar-refractivity contribution in [3.05, 3.63) is 53.9 Å². The fraction of sp³-hybridized carbons (Fsp3) is 0.200. The number of methoxy groups -OCH3 is 1. The summed E-state index contributed by atoms with van der Waals surface area (Å²) in [4.78, 5) is 17.9. The van der Waals surface area contributed by atoms with Crippen molar-refractivity contribution in [1.82, 2.24) is 24.5 Å². The van der Waals surface area contributed by atoms with E-state index in [1.54, 1.807) is 25.6 Å². The van der Waals surface area contributed by atoms with Crippen LogP contribution in [0.4, 0.5) is 11.6 Å². The Bertz CT molecular complexity index is 1140. The van der Waals surface area contributed by atoms with Gasteiger partial charge in [0.05, 0.1) is 13.3 Å². The van der Waals surface area contributed by atoms with Crippen molar-refractivity contribution in [3.63, 3.8) is 0 Å². The summed E-state index contributed by atoms with van der Waals surface area (Å²) in [5.41, 5.74) is 3.19. The predicted octanol–water partition coefficient (Wildman–Crippen LogP) is 4.87. The van der Waals surface area contributed by atoms with Gasteiger partial charge in [0.25, 0.3) is 0 Å². The second kappa shape index (κ2) is 7.44. The van der Waals surface area contributed by atoms with Crippen molar-refractivity contribution in [2.45, 2.75) is 19.9 Å². The Balaban J connectivity index is 1.79. The highest BCUT2D eigenvalue weighted by Crippen LogP contribution is 2.29. The Morgan fingerprint density at radius 2 is 1.96 bits per heavy atom. The van der Waals surface area contributed by atoms with Gasteiger partial charge in [-0.25, -0.2) is 15.0 Å². The molecule has 0 unspecified atom stereocenters. The third kappa shape index (κ3) is 3.48. The number of ether oxygens (including phenoxy) is 1. The van der Waals surface area contributed by atoms with Gasteiger partial charge >= 0.3 is 0 Å². The highest BCUT2D eigenvalue weighted by atomic mass is 35.5. The summed E-state index contributed by atoms with van der Waals surface area (Å²) in [5, 5.41) is 3.64. The van der Waals surface area contributed by atoms with Crippen LogP contribution in [0.25, 0.3) is 22.6 Å². The highest BCUT2D eigenvalue weighted by molar-refractivity contribution is 6.29. The van der Waals surface area contributed by atoms with Crippen LogP contribution in [0.15, 0.2) is 48.8 Å². The minimum Gasteiger partial charge on any atom is -0.497 e. The van der Waals surface area contributed by atoms with Crippen molar-refractivity contribution in [1.29, 1.82) is 0 Å². The van der Waals surface area contributed by atoms with Crippen molar-refractivity contribution >= 4 is 34.4 Å². The molecule has 0 aliphatic carbocycles. The molecule has 8 heteroatoms. The minimum absolute atomic E-state index is 0.145. The van der Waals surface area contributed by atoms with Gasteiger partial charge in [-0.3, -0.25) is 0 Å². The molecule has 0 fully saturated rings. The van der Waals surface area contributed by atoms with E-state index in [1.165, 1.54) is 0 Å². The first kappa shape index (κ1) is 18.2. The normalized spacial score (nSPS) is 11.2. The number of benzene rings is 1. The standard InChI is InChI=1S/C20H19ClN6O/c1-12(2)27-18(13-7-8-22-17(21)9-13)25-16-11-23-20(26-19(16)27)24-14-5-4-6-15(10-14)28-3/h4-12H,1-3H3,(H,23,24,26). The van der Waals surface area contributed by atoms with Gasteiger partial charge in [-0.1, -0.05) is 17.7 Å². The summed E-state index contributed by atoms with van der Waals surface area (Å²) in [6, 6.07) is 11.4. The Hall–Kier alpha value is -3.19. The Kier molecular flexibility index (Phi) is 4.83. The van der Waals surface area contributed by atoms with Crippen LogP contribution in [0.2, 0.25) is 5.15 Å². The fourth-order valence-corrected chi connectivity index (χ4v) is 3.19. The Morgan fingerprint density at radius 1 is 1.11 bits per heavy atom. The molecule has 28 heavy (non-hydrogen) atoms. The number of aromatic nitrogens is 5. The van der Waals surface area contributed by atoms with Crippen LogP contribution < -0.4 is 10.1 Å². The van der Waals surface area contributed by atoms with Crippen LogP contribution >= 0.6 is 11.6 Å². The number of pyridine rings is 1. The molecule has 4 aromatic rings. The zero-order valence-electron chi connectivity index (χ0n) is 15.7. The molecule has 3 aromatic heterocycles. The van der Waals surface area contributed by atoms with Crippen molar-refractivity contribution < 1.29 is 4.74 Å². The maximum absolute atomic E-state index is 6.07. The molecular weight excluding hydrogens is 376 g/mol. The molecule has 0 aliphatic heterocycles. The van der Waals surface area contributed by atoms with Crippen LogP contribution in [-0.4, -0.2) is 31.6 Å². The van der Waals surface area contributed by atoms with Crippen LogP contribution in [-0.2, 0) is 0 Å². The average molecular weight is 395 g/mol. The summed E-state index contributed by atoms with van der Waals surface area (Å²) in [6.07, 6.45) is 3.39. The van der Waals surface area contributed by atoms with Crippen LogP contribution in [0.3, 0.4) is 0 Å². The van der Waals surface area contributed by atoms with Gasteiger partial charge in [-0.2, -0.15) is 4.98 Å². The SMILES string of the molecule is COc1cccc(Nc2ncc3nc(-c4ccnc(Cl)c4)n(C(C)C)c3n2)c1. The Labute approximate surface area is 167 Å². The minimum atomic E-state index is 0.145. The van der Waals surface area contributed by atoms with E-state index in [-0.39, 0.29) is 6.04 Å². The third-order valence-electron chi connectivity index (χ3n) is 4.26. The molecule has 0 spiro atoms. The van der Waals surface area contributed by atoms with E-state index in [0.29, 0.717) is 16.6 Å². The number of rotatable bonds is 5. The molecule has 0 bridgehead atoms. The number of halogens is 1. The molecule has 1 aromatic carbocycles. The van der Waals surface area contributed by atoms with Crippen LogP contribution in [0.5, 0.6) is 5.75 Å².